The van der Waals surface area contributed by atoms with Gasteiger partial charge in [-0.2, -0.15) is 17.4 Å². The number of ether oxygens (including phenoxy) is 5. The number of amides is 3. The first kappa shape index (κ1) is 47.4. The van der Waals surface area contributed by atoms with Gasteiger partial charge in [-0.25, -0.2) is 29.0 Å². The number of carboxylic acid groups (broad SMARTS) is 1. The molecular weight excluding hydrogens is 770 g/mol. The summed E-state index contributed by atoms with van der Waals surface area (Å²) in [6, 6.07) is 8.61. The van der Waals surface area contributed by atoms with Crippen molar-refractivity contribution in [1.29, 1.82) is 0 Å². The van der Waals surface area contributed by atoms with E-state index in [-0.39, 0.29) is 32.8 Å². The largest absolute Gasteiger partial charge is 0.478 e. The van der Waals surface area contributed by atoms with Crippen molar-refractivity contribution >= 4 is 58.0 Å². The smallest absolute Gasteiger partial charge is 0.425 e. The highest BCUT2D eigenvalue weighted by atomic mass is 32.2. The number of guanidine groups is 1. The zero-order valence-corrected chi connectivity index (χ0v) is 34.8. The Morgan fingerprint density at radius 1 is 0.702 bits per heavy atom. The van der Waals surface area contributed by atoms with Crippen LogP contribution >= 0.6 is 0 Å². The SMILES string of the molecule is CC(C)(C)OC(=O)CNS(=O)(=O)N(Cc1ccc(OC(=O)c2ccc(N=C(NC(=O)OC(C)(C)C)NC(=O)OC(C)(C)C)cc2)cc1C(=O)O)C(=O)OC(C)(C)C. The van der Waals surface area contributed by atoms with E-state index in [9.17, 15) is 42.3 Å². The van der Waals surface area contributed by atoms with Crippen LogP contribution in [0.4, 0.5) is 20.1 Å². The summed E-state index contributed by atoms with van der Waals surface area (Å²) < 4.78 is 55.0. The second-order valence-electron chi connectivity index (χ2n) is 16.2. The monoisotopic (exact) mass is 821 g/mol. The van der Waals surface area contributed by atoms with Gasteiger partial charge >= 0.3 is 46.4 Å². The second kappa shape index (κ2) is 18.5. The zero-order chi connectivity index (χ0) is 43.7. The first-order chi connectivity index (χ1) is 25.8. The lowest BCUT2D eigenvalue weighted by Gasteiger charge is -2.27. The third kappa shape index (κ3) is 17.7. The average Bonchev–Trinajstić information content (AvgIpc) is 2.99. The molecule has 0 aliphatic carbocycles. The molecule has 2 rings (SSSR count). The highest BCUT2D eigenvalue weighted by Gasteiger charge is 2.34. The predicted octanol–water partition coefficient (Wildman–Crippen LogP) is 5.55. The molecule has 0 aliphatic heterocycles. The van der Waals surface area contributed by atoms with Gasteiger partial charge in [-0.1, -0.05) is 6.07 Å². The molecule has 0 heterocycles. The molecule has 0 bridgehead atoms. The summed E-state index contributed by atoms with van der Waals surface area (Å²) in [6.45, 7) is 17.3. The van der Waals surface area contributed by atoms with Crippen LogP contribution < -0.4 is 20.1 Å². The summed E-state index contributed by atoms with van der Waals surface area (Å²) in [5, 5.41) is 14.7. The third-order valence-electron chi connectivity index (χ3n) is 6.13. The van der Waals surface area contributed by atoms with Crippen LogP contribution in [0.5, 0.6) is 5.75 Å². The van der Waals surface area contributed by atoms with Crippen LogP contribution in [0.1, 0.15) is 109 Å². The number of benzene rings is 2. The summed E-state index contributed by atoms with van der Waals surface area (Å²) in [5.41, 5.74) is -4.40. The molecule has 0 spiro atoms. The molecule has 19 nitrogen and oxygen atoms in total. The number of nitrogens with one attached hydrogen (secondary N) is 3. The molecule has 0 atom stereocenters. The minimum atomic E-state index is -4.82. The molecule has 3 amide bonds. The third-order valence-corrected chi connectivity index (χ3v) is 7.49. The molecular formula is C37H51N5O14S. The fourth-order valence-electron chi connectivity index (χ4n) is 4.13. The highest BCUT2D eigenvalue weighted by Crippen LogP contribution is 2.24. The van der Waals surface area contributed by atoms with Crippen LogP contribution in [0.15, 0.2) is 47.5 Å². The Labute approximate surface area is 331 Å². The van der Waals surface area contributed by atoms with Crippen LogP contribution in [0.3, 0.4) is 0 Å². The molecule has 314 valence electrons. The first-order valence-electron chi connectivity index (χ1n) is 17.3. The zero-order valence-electron chi connectivity index (χ0n) is 34.0. The highest BCUT2D eigenvalue weighted by molar-refractivity contribution is 7.87. The van der Waals surface area contributed by atoms with E-state index < -0.39 is 87.5 Å². The van der Waals surface area contributed by atoms with Gasteiger partial charge in [-0.15, -0.1) is 0 Å². The van der Waals surface area contributed by atoms with Gasteiger partial charge in [0, 0.05) is 0 Å². The van der Waals surface area contributed by atoms with Crippen LogP contribution in [0.25, 0.3) is 0 Å². The number of aromatic carboxylic acids is 1. The summed E-state index contributed by atoms with van der Waals surface area (Å²) in [7, 11) is -4.82. The fourth-order valence-corrected chi connectivity index (χ4v) is 5.13. The lowest BCUT2D eigenvalue weighted by Crippen LogP contribution is -2.48. The Bertz CT molecular complexity index is 1940. The van der Waals surface area contributed by atoms with Crippen LogP contribution in [0.2, 0.25) is 0 Å². The van der Waals surface area contributed by atoms with E-state index in [4.69, 9.17) is 23.7 Å². The van der Waals surface area contributed by atoms with Crippen molar-refractivity contribution in [3.63, 3.8) is 0 Å². The number of esters is 2. The number of carbonyl (C=O) groups excluding carboxylic acids is 5. The van der Waals surface area contributed by atoms with Crippen LogP contribution in [-0.4, -0.2) is 88.9 Å². The Morgan fingerprint density at radius 3 is 1.65 bits per heavy atom. The fraction of sp³-hybridized carbons (Fsp3) is 0.486. The standard InChI is InChI=1S/C37H51N5O14S/c1-34(2,3)53-27(43)20-38-57(50,51)42(33(49)56-37(10,11)12)21-23-15-18-25(19-26(23)28(44)45)52-29(46)22-13-16-24(17-14-22)39-30(40-31(47)54-35(4,5)6)41-32(48)55-36(7,8)9/h13-19,38H,20-21H2,1-12H3,(H,44,45)(H2,39,40,41,47,48). The van der Waals surface area contributed by atoms with E-state index in [1.165, 1.54) is 51.1 Å². The van der Waals surface area contributed by atoms with Crippen molar-refractivity contribution in [2.45, 2.75) is 112 Å². The number of hydrogen-bond acceptors (Lipinski definition) is 14. The van der Waals surface area contributed by atoms with Crippen molar-refractivity contribution < 1.29 is 66.0 Å². The maximum absolute atomic E-state index is 13.3. The van der Waals surface area contributed by atoms with Gasteiger partial charge in [0.1, 0.15) is 34.7 Å². The van der Waals surface area contributed by atoms with Crippen molar-refractivity contribution in [2.75, 3.05) is 6.54 Å². The van der Waals surface area contributed by atoms with E-state index in [0.29, 0.717) is 0 Å². The minimum absolute atomic E-state index is 0.0186. The van der Waals surface area contributed by atoms with Gasteiger partial charge < -0.3 is 28.8 Å². The van der Waals surface area contributed by atoms with E-state index in [1.807, 2.05) is 4.72 Å². The van der Waals surface area contributed by atoms with Crippen LogP contribution in [-0.2, 0) is 40.5 Å². The van der Waals surface area contributed by atoms with Gasteiger partial charge in [0.15, 0.2) is 0 Å². The summed E-state index contributed by atoms with van der Waals surface area (Å²) in [5.74, 6) is -4.01. The number of carbonyl (C=O) groups is 6. The van der Waals surface area contributed by atoms with Crippen molar-refractivity contribution in [2.24, 2.45) is 4.99 Å². The van der Waals surface area contributed by atoms with Gasteiger partial charge in [0.25, 0.3) is 0 Å². The number of rotatable bonds is 10. The molecule has 2 aromatic carbocycles. The molecule has 0 fully saturated rings. The first-order valence-corrected chi connectivity index (χ1v) is 18.8. The molecule has 0 saturated carbocycles. The molecule has 4 N–H and O–H groups in total. The quantitative estimate of drug-likeness (QED) is 0.0754. The number of alkyl carbamates (subject to hydrolysis) is 2. The van der Waals surface area contributed by atoms with E-state index in [2.05, 4.69) is 15.6 Å². The molecule has 0 radical (unpaired) electrons. The summed E-state index contributed by atoms with van der Waals surface area (Å²) >= 11 is 0. The Kier molecular flexibility index (Phi) is 15.3. The average molecular weight is 822 g/mol. The number of carboxylic acids is 1. The molecule has 0 unspecified atom stereocenters. The van der Waals surface area contributed by atoms with Crippen molar-refractivity contribution in [3.05, 3.63) is 59.2 Å². The molecule has 0 aromatic heterocycles. The second-order valence-corrected chi connectivity index (χ2v) is 17.9. The molecule has 0 saturated heterocycles. The predicted molar refractivity (Wildman–Crippen MR) is 205 cm³/mol. The maximum Gasteiger partial charge on any atom is 0.425 e. The molecule has 0 aliphatic rings. The summed E-state index contributed by atoms with van der Waals surface area (Å²) in [6.07, 6.45) is -3.20. The minimum Gasteiger partial charge on any atom is -0.478 e. The molecule has 20 heteroatoms. The number of hydrogen-bond donors (Lipinski definition) is 4. The van der Waals surface area contributed by atoms with Crippen molar-refractivity contribution in [3.8, 4) is 5.75 Å². The molecule has 2 aromatic rings. The maximum atomic E-state index is 13.3. The van der Waals surface area contributed by atoms with Crippen molar-refractivity contribution in [1.82, 2.24) is 19.7 Å². The Balaban J connectivity index is 2.36. The number of nitrogens with zero attached hydrogens (tertiary/aromatic N) is 2. The summed E-state index contributed by atoms with van der Waals surface area (Å²) in [4.78, 5) is 79.8. The Hall–Kier alpha value is -5.76. The normalized spacial score (nSPS) is 12.0. The van der Waals surface area contributed by atoms with E-state index in [0.717, 1.165) is 12.1 Å². The lowest BCUT2D eigenvalue weighted by atomic mass is 10.1. The van der Waals surface area contributed by atoms with Gasteiger partial charge in [0.2, 0.25) is 5.96 Å². The van der Waals surface area contributed by atoms with Crippen LogP contribution in [0, 0.1) is 0 Å². The van der Waals surface area contributed by atoms with Gasteiger partial charge in [0.05, 0.1) is 23.4 Å². The lowest BCUT2D eigenvalue weighted by molar-refractivity contribution is -0.153. The molecule has 57 heavy (non-hydrogen) atoms. The Morgan fingerprint density at radius 2 is 1.19 bits per heavy atom. The van der Waals surface area contributed by atoms with Gasteiger partial charge in [-0.3, -0.25) is 15.4 Å². The van der Waals surface area contributed by atoms with Gasteiger partial charge in [-0.05, 0) is 125 Å². The number of aliphatic imine (C=N–C) groups is 1. The topological polar surface area (TPSA) is 255 Å². The van der Waals surface area contributed by atoms with E-state index in [1.54, 1.807) is 62.3 Å². The van der Waals surface area contributed by atoms with E-state index >= 15 is 0 Å².